The van der Waals surface area contributed by atoms with E-state index in [1.807, 2.05) is 79.7 Å². The van der Waals surface area contributed by atoms with Gasteiger partial charge < -0.3 is 36.6 Å². The van der Waals surface area contributed by atoms with Gasteiger partial charge in [-0.2, -0.15) is 0 Å². The maximum absolute atomic E-state index is 14.7. The van der Waals surface area contributed by atoms with Crippen LogP contribution in [0.25, 0.3) is 0 Å². The molecule has 2 unspecified atom stereocenters. The quantitative estimate of drug-likeness (QED) is 0.194. The van der Waals surface area contributed by atoms with Crippen molar-refractivity contribution in [2.75, 3.05) is 13.2 Å². The highest BCUT2D eigenvalue weighted by Gasteiger charge is 2.48. The number of ketones is 1. The zero-order valence-electron chi connectivity index (χ0n) is 31.5. The number of benzene rings is 1. The van der Waals surface area contributed by atoms with E-state index < -0.39 is 64.8 Å². The number of carbonyl (C=O) groups excluding carboxylic acids is 6. The van der Waals surface area contributed by atoms with E-state index in [1.54, 1.807) is 0 Å². The lowest BCUT2D eigenvalue weighted by atomic mass is 9.87. The van der Waals surface area contributed by atoms with Gasteiger partial charge in [0, 0.05) is 12.1 Å². The van der Waals surface area contributed by atoms with Crippen LogP contribution in [0.15, 0.2) is 24.3 Å². The highest BCUT2D eigenvalue weighted by molar-refractivity contribution is 6.37. The molecule has 5 atom stereocenters. The SMILES string of the molecule is CC(C)C1CCN(C(=O)[C@@H](NC(=O)N[C@H](COC(=O)NC(C)(C)C)C(C)(C)C)C2Cc3ccccc3C2)[C@@H]1C(=O)NC(CC1CC1)C(=O)C(N)=O. The molecule has 4 rings (SSSR count). The maximum Gasteiger partial charge on any atom is 0.407 e. The van der Waals surface area contributed by atoms with Crippen LogP contribution in [0, 0.1) is 29.1 Å². The van der Waals surface area contributed by atoms with E-state index in [2.05, 4.69) is 21.3 Å². The third-order valence-corrected chi connectivity index (χ3v) is 10.3. The van der Waals surface area contributed by atoms with Gasteiger partial charge in [0.25, 0.3) is 5.91 Å². The lowest BCUT2D eigenvalue weighted by Crippen LogP contribution is -2.61. The number of nitrogens with two attached hydrogens (primary N) is 1. The van der Waals surface area contributed by atoms with Crippen molar-refractivity contribution in [3.05, 3.63) is 35.4 Å². The number of amides is 6. The van der Waals surface area contributed by atoms with Gasteiger partial charge in [-0.15, -0.1) is 0 Å². The molecular formula is C38H58N6O7. The minimum absolute atomic E-state index is 0.0285. The fourth-order valence-corrected chi connectivity index (χ4v) is 7.18. The number of primary amides is 1. The number of nitrogens with one attached hydrogen (secondary N) is 4. The van der Waals surface area contributed by atoms with Crippen molar-refractivity contribution in [2.24, 2.45) is 34.8 Å². The largest absolute Gasteiger partial charge is 0.447 e. The summed E-state index contributed by atoms with van der Waals surface area (Å²) in [5, 5.41) is 11.5. The summed E-state index contributed by atoms with van der Waals surface area (Å²) in [6, 6.07) is 3.78. The van der Waals surface area contributed by atoms with E-state index in [0.29, 0.717) is 25.7 Å². The Kier molecular flexibility index (Phi) is 12.4. The van der Waals surface area contributed by atoms with Crippen LogP contribution in [-0.2, 0) is 36.8 Å². The summed E-state index contributed by atoms with van der Waals surface area (Å²) in [7, 11) is 0. The minimum atomic E-state index is -1.11. The summed E-state index contributed by atoms with van der Waals surface area (Å²) in [6.07, 6.45) is 3.20. The third-order valence-electron chi connectivity index (χ3n) is 10.3. The van der Waals surface area contributed by atoms with Crippen LogP contribution < -0.4 is 27.0 Å². The van der Waals surface area contributed by atoms with Crippen molar-refractivity contribution in [3.63, 3.8) is 0 Å². The van der Waals surface area contributed by atoms with E-state index in [9.17, 15) is 28.8 Å². The summed E-state index contributed by atoms with van der Waals surface area (Å²) < 4.78 is 5.48. The monoisotopic (exact) mass is 710 g/mol. The number of Topliss-reactive ketones (excluding diaryl/α,β-unsaturated/α-hetero) is 1. The van der Waals surface area contributed by atoms with Crippen LogP contribution in [0.5, 0.6) is 0 Å². The number of urea groups is 1. The first-order valence-electron chi connectivity index (χ1n) is 18.3. The number of carbonyl (C=O) groups is 6. The molecule has 0 bridgehead atoms. The van der Waals surface area contributed by atoms with Gasteiger partial charge in [-0.3, -0.25) is 19.2 Å². The van der Waals surface area contributed by atoms with Crippen LogP contribution in [0.2, 0.25) is 0 Å². The number of hydrogen-bond donors (Lipinski definition) is 5. The van der Waals surface area contributed by atoms with Gasteiger partial charge in [-0.1, -0.05) is 71.7 Å². The highest BCUT2D eigenvalue weighted by atomic mass is 16.5. The molecule has 1 aliphatic heterocycles. The fraction of sp³-hybridized carbons (Fsp3) is 0.684. The molecule has 13 nitrogen and oxygen atoms in total. The van der Waals surface area contributed by atoms with Gasteiger partial charge in [0.15, 0.2) is 0 Å². The average molecular weight is 711 g/mol. The Hall–Kier alpha value is -4.16. The zero-order valence-corrected chi connectivity index (χ0v) is 31.5. The van der Waals surface area contributed by atoms with Crippen molar-refractivity contribution in [3.8, 4) is 0 Å². The number of likely N-dealkylation sites (tertiary alicyclic amines) is 1. The summed E-state index contributed by atoms with van der Waals surface area (Å²) in [5.74, 6) is -3.09. The fourth-order valence-electron chi connectivity index (χ4n) is 7.18. The Bertz CT molecular complexity index is 1450. The van der Waals surface area contributed by atoms with Gasteiger partial charge in [0.2, 0.25) is 17.6 Å². The van der Waals surface area contributed by atoms with E-state index in [1.165, 1.54) is 4.90 Å². The molecule has 0 aromatic heterocycles. The van der Waals surface area contributed by atoms with Crippen LogP contribution >= 0.6 is 0 Å². The van der Waals surface area contributed by atoms with Gasteiger partial charge in [0.1, 0.15) is 18.7 Å². The van der Waals surface area contributed by atoms with Crippen molar-refractivity contribution in [2.45, 2.75) is 124 Å². The van der Waals surface area contributed by atoms with Crippen molar-refractivity contribution < 1.29 is 33.5 Å². The zero-order chi connectivity index (χ0) is 37.8. The Morgan fingerprint density at radius 1 is 0.902 bits per heavy atom. The van der Waals surface area contributed by atoms with Gasteiger partial charge >= 0.3 is 12.1 Å². The number of ether oxygens (including phenoxy) is 1. The number of rotatable bonds is 13. The molecule has 282 valence electrons. The van der Waals surface area contributed by atoms with E-state index >= 15 is 0 Å². The number of hydrogen-bond acceptors (Lipinski definition) is 7. The molecule has 13 heteroatoms. The summed E-state index contributed by atoms with van der Waals surface area (Å²) >= 11 is 0. The topological polar surface area (TPSA) is 189 Å². The smallest absolute Gasteiger partial charge is 0.407 e. The summed E-state index contributed by atoms with van der Waals surface area (Å²) in [5.41, 5.74) is 6.53. The Labute approximate surface area is 301 Å². The molecule has 1 heterocycles. The van der Waals surface area contributed by atoms with Crippen LogP contribution in [0.3, 0.4) is 0 Å². The van der Waals surface area contributed by atoms with Crippen LogP contribution in [0.1, 0.15) is 92.2 Å². The molecule has 1 saturated heterocycles. The van der Waals surface area contributed by atoms with Crippen molar-refractivity contribution >= 4 is 35.6 Å². The molecule has 1 aromatic carbocycles. The van der Waals surface area contributed by atoms with Gasteiger partial charge in [-0.05, 0) is 86.7 Å². The lowest BCUT2D eigenvalue weighted by molar-refractivity contribution is -0.143. The first-order chi connectivity index (χ1) is 23.7. The third kappa shape index (κ3) is 10.7. The summed E-state index contributed by atoms with van der Waals surface area (Å²) in [6.45, 7) is 15.4. The molecule has 2 aliphatic carbocycles. The predicted molar refractivity (Wildman–Crippen MR) is 192 cm³/mol. The number of fused-ring (bicyclic) bond motifs is 1. The first-order valence-corrected chi connectivity index (χ1v) is 18.3. The average Bonchev–Trinajstić information content (AvgIpc) is 3.55. The molecule has 3 aliphatic rings. The van der Waals surface area contributed by atoms with E-state index in [4.69, 9.17) is 10.5 Å². The standard InChI is InChI=1S/C38H58N6O7/c1-21(2)26-15-16-44(30(26)33(47)40-27(17-22-13-14-22)31(45)32(39)46)34(48)29(25-18-23-11-9-10-12-24(23)19-25)42-35(49)41-28(37(3,4)5)20-51-36(50)43-38(6,7)8/h9-12,21-22,25-30H,13-20H2,1-8H3,(H2,39,46)(H,40,47)(H,43,50)(H2,41,42,49)/t26?,27?,28-,29+,30+/m1/s1. The van der Waals surface area contributed by atoms with Crippen molar-refractivity contribution in [1.29, 1.82) is 0 Å². The Morgan fingerprint density at radius 2 is 1.51 bits per heavy atom. The molecule has 6 amide bonds. The molecule has 6 N–H and O–H groups in total. The Balaban J connectivity index is 1.58. The maximum atomic E-state index is 14.7. The first kappa shape index (κ1) is 39.6. The van der Waals surface area contributed by atoms with E-state index in [-0.39, 0.29) is 42.7 Å². The van der Waals surface area contributed by atoms with Crippen molar-refractivity contribution in [1.82, 2.24) is 26.2 Å². The normalized spacial score (nSPS) is 20.9. The van der Waals surface area contributed by atoms with Gasteiger partial charge in [0.05, 0.1) is 12.1 Å². The second-order valence-electron chi connectivity index (χ2n) is 17.1. The highest BCUT2D eigenvalue weighted by Crippen LogP contribution is 2.36. The molecule has 51 heavy (non-hydrogen) atoms. The second-order valence-corrected chi connectivity index (χ2v) is 17.1. The van der Waals surface area contributed by atoms with Crippen LogP contribution in [0.4, 0.5) is 9.59 Å². The summed E-state index contributed by atoms with van der Waals surface area (Å²) in [4.78, 5) is 81.2. The lowest BCUT2D eigenvalue weighted by Gasteiger charge is -2.35. The number of alkyl carbamates (subject to hydrolysis) is 1. The molecular weight excluding hydrogens is 652 g/mol. The molecule has 2 fully saturated rings. The number of nitrogens with zero attached hydrogens (tertiary/aromatic N) is 1. The van der Waals surface area contributed by atoms with E-state index in [0.717, 1.165) is 24.0 Å². The molecule has 1 saturated carbocycles. The molecule has 0 spiro atoms. The molecule has 0 radical (unpaired) electrons. The van der Waals surface area contributed by atoms with Crippen LogP contribution in [-0.4, -0.2) is 83.4 Å². The van der Waals surface area contributed by atoms with Gasteiger partial charge in [-0.25, -0.2) is 9.59 Å². The Morgan fingerprint density at radius 3 is 2.02 bits per heavy atom. The second kappa shape index (κ2) is 16.0. The molecule has 1 aromatic rings. The predicted octanol–water partition coefficient (Wildman–Crippen LogP) is 3.22. The minimum Gasteiger partial charge on any atom is -0.447 e.